The van der Waals surface area contributed by atoms with Crippen molar-refractivity contribution in [3.8, 4) is 0 Å². The van der Waals surface area contributed by atoms with Crippen LogP contribution in [-0.2, 0) is 19.1 Å². The maximum absolute atomic E-state index is 13.4. The van der Waals surface area contributed by atoms with Gasteiger partial charge in [-0.15, -0.1) is 0 Å². The number of imidazole rings is 1. The Balaban J connectivity index is 1.60. The van der Waals surface area contributed by atoms with Gasteiger partial charge in [0.1, 0.15) is 29.6 Å². The summed E-state index contributed by atoms with van der Waals surface area (Å²) in [5.41, 5.74) is 5.85. The lowest BCUT2D eigenvalue weighted by Crippen LogP contribution is -2.53. The average Bonchev–Trinajstić information content (AvgIpc) is 3.39. The highest BCUT2D eigenvalue weighted by Gasteiger charge is 2.50. The number of aromatic nitrogens is 4. The van der Waals surface area contributed by atoms with Crippen molar-refractivity contribution in [3.05, 3.63) is 48.5 Å². The molecule has 1 aliphatic heterocycles. The second kappa shape index (κ2) is 9.99. The van der Waals surface area contributed by atoms with Gasteiger partial charge in [-0.05, 0) is 26.3 Å². The number of fused-ring (bicyclic) bond motifs is 1. The van der Waals surface area contributed by atoms with E-state index in [0.29, 0.717) is 5.56 Å². The number of benzene rings is 1. The molecule has 3 heterocycles. The van der Waals surface area contributed by atoms with Crippen molar-refractivity contribution >= 4 is 35.0 Å². The van der Waals surface area contributed by atoms with Gasteiger partial charge in [-0.2, -0.15) is 0 Å². The van der Waals surface area contributed by atoms with E-state index in [4.69, 9.17) is 15.2 Å². The summed E-state index contributed by atoms with van der Waals surface area (Å²) < 4.78 is 12.2. The number of aliphatic hydroxyl groups is 1. The van der Waals surface area contributed by atoms with Crippen molar-refractivity contribution in [1.82, 2.24) is 30.2 Å². The summed E-state index contributed by atoms with van der Waals surface area (Å²) in [6.07, 6.45) is -2.80. The van der Waals surface area contributed by atoms with Crippen molar-refractivity contribution < 1.29 is 34.1 Å². The van der Waals surface area contributed by atoms with Gasteiger partial charge in [0.15, 0.2) is 23.8 Å². The molecule has 0 spiro atoms. The van der Waals surface area contributed by atoms with Crippen LogP contribution in [0.4, 0.5) is 10.6 Å². The second-order valence-corrected chi connectivity index (χ2v) is 9.38. The number of carbonyl (C=O) groups excluding carboxylic acids is 2. The van der Waals surface area contributed by atoms with Gasteiger partial charge in [0.25, 0.3) is 0 Å². The molecule has 1 unspecified atom stereocenters. The molecule has 1 aliphatic rings. The molecule has 3 aromatic rings. The number of ether oxygens (including phenoxy) is 2. The van der Waals surface area contributed by atoms with Crippen LogP contribution in [0, 0.1) is 0 Å². The Morgan fingerprint density at radius 3 is 2.51 bits per heavy atom. The zero-order chi connectivity index (χ0) is 26.9. The van der Waals surface area contributed by atoms with E-state index in [1.807, 2.05) is 0 Å². The molecule has 0 radical (unpaired) electrons. The molecule has 2 aromatic heterocycles. The van der Waals surface area contributed by atoms with Crippen LogP contribution in [0.2, 0.25) is 0 Å². The number of hydrogen-bond acceptors (Lipinski definition) is 10. The normalized spacial score (nSPS) is 22.4. The predicted molar refractivity (Wildman–Crippen MR) is 128 cm³/mol. The van der Waals surface area contributed by atoms with Gasteiger partial charge in [-0.1, -0.05) is 30.3 Å². The molecule has 0 aliphatic carbocycles. The summed E-state index contributed by atoms with van der Waals surface area (Å²) in [5, 5.41) is 25.9. The Bertz CT molecular complexity index is 1310. The number of aliphatic carboxylic acids is 1. The number of rotatable bonds is 6. The van der Waals surface area contributed by atoms with Gasteiger partial charge in [-0.25, -0.2) is 24.5 Å². The maximum Gasteiger partial charge on any atom is 0.408 e. The monoisotopic (exact) mass is 513 g/mol. The number of carboxylic acid groups (broad SMARTS) is 1. The molecular weight excluding hydrogens is 486 g/mol. The molecule has 37 heavy (non-hydrogen) atoms. The second-order valence-electron chi connectivity index (χ2n) is 9.38. The van der Waals surface area contributed by atoms with Crippen LogP contribution in [0.25, 0.3) is 11.2 Å². The molecule has 1 fully saturated rings. The third-order valence-corrected chi connectivity index (χ3v) is 5.54. The maximum atomic E-state index is 13.4. The number of nitrogens with one attached hydrogen (secondary N) is 2. The van der Waals surface area contributed by atoms with E-state index < -0.39 is 54.1 Å². The van der Waals surface area contributed by atoms with Gasteiger partial charge >= 0.3 is 12.1 Å². The standard InChI is InChI=1S/C23H27N7O7/c1-23(2,3)37-22(35)29-12(11-7-5-4-6-8-11)19(32)28-13-15(31)20(36-16(13)21(33)34)30-10-27-14-17(24)25-9-26-18(14)30/h4-10,12-13,15-16,20,31H,1-3H3,(H,28,32)(H,29,35)(H,33,34)(H2,24,25,26)/t12?,13-,15+,16-,20+/m0/s1. The van der Waals surface area contributed by atoms with Gasteiger partial charge in [0.2, 0.25) is 5.91 Å². The summed E-state index contributed by atoms with van der Waals surface area (Å²) in [7, 11) is 0. The van der Waals surface area contributed by atoms with Gasteiger partial charge in [-0.3, -0.25) is 9.36 Å². The molecular formula is C23H27N7O7. The number of amides is 2. The highest BCUT2D eigenvalue weighted by Crippen LogP contribution is 2.32. The molecule has 14 nitrogen and oxygen atoms in total. The average molecular weight is 514 g/mol. The van der Waals surface area contributed by atoms with E-state index in [1.54, 1.807) is 51.1 Å². The number of anilines is 1. The smallest absolute Gasteiger partial charge is 0.408 e. The molecule has 0 saturated carbocycles. The first kappa shape index (κ1) is 25.8. The largest absolute Gasteiger partial charge is 0.479 e. The molecule has 5 atom stereocenters. The number of nitrogen functional groups attached to an aromatic ring is 1. The van der Waals surface area contributed by atoms with E-state index in [9.17, 15) is 24.6 Å². The van der Waals surface area contributed by atoms with Crippen molar-refractivity contribution in [1.29, 1.82) is 0 Å². The Morgan fingerprint density at radius 1 is 1.16 bits per heavy atom. The topological polar surface area (TPSA) is 204 Å². The van der Waals surface area contributed by atoms with Crippen molar-refractivity contribution in [2.24, 2.45) is 0 Å². The molecule has 4 rings (SSSR count). The van der Waals surface area contributed by atoms with E-state index in [0.717, 1.165) is 0 Å². The first-order chi connectivity index (χ1) is 17.5. The third-order valence-electron chi connectivity index (χ3n) is 5.54. The summed E-state index contributed by atoms with van der Waals surface area (Å²) in [6, 6.07) is 5.67. The van der Waals surface area contributed by atoms with Gasteiger partial charge in [0, 0.05) is 0 Å². The van der Waals surface area contributed by atoms with Gasteiger partial charge < -0.3 is 36.1 Å². The van der Waals surface area contributed by atoms with E-state index in [2.05, 4.69) is 25.6 Å². The zero-order valence-corrected chi connectivity index (χ0v) is 20.2. The molecule has 14 heteroatoms. The lowest BCUT2D eigenvalue weighted by molar-refractivity contribution is -0.152. The minimum absolute atomic E-state index is 0.0924. The van der Waals surface area contributed by atoms with Crippen LogP contribution in [0.5, 0.6) is 0 Å². The lowest BCUT2D eigenvalue weighted by Gasteiger charge is -2.26. The molecule has 1 saturated heterocycles. The van der Waals surface area contributed by atoms with Crippen LogP contribution < -0.4 is 16.4 Å². The van der Waals surface area contributed by atoms with Crippen LogP contribution in [0.15, 0.2) is 43.0 Å². The zero-order valence-electron chi connectivity index (χ0n) is 20.2. The highest BCUT2D eigenvalue weighted by atomic mass is 16.6. The number of aliphatic hydroxyl groups excluding tert-OH is 1. The Hall–Kier alpha value is -4.30. The molecule has 2 amide bonds. The highest BCUT2D eigenvalue weighted by molar-refractivity contribution is 5.88. The predicted octanol–water partition coefficient (Wildman–Crippen LogP) is 0.502. The molecule has 0 bridgehead atoms. The Morgan fingerprint density at radius 2 is 1.86 bits per heavy atom. The first-order valence-corrected chi connectivity index (χ1v) is 11.3. The van der Waals surface area contributed by atoms with Crippen molar-refractivity contribution in [2.45, 2.75) is 56.9 Å². The number of alkyl carbamates (subject to hydrolysis) is 1. The number of hydrogen-bond donors (Lipinski definition) is 5. The minimum atomic E-state index is -1.63. The minimum Gasteiger partial charge on any atom is -0.479 e. The van der Waals surface area contributed by atoms with E-state index in [1.165, 1.54) is 17.2 Å². The van der Waals surface area contributed by atoms with E-state index in [-0.39, 0.29) is 17.0 Å². The number of nitrogens with zero attached hydrogens (tertiary/aromatic N) is 4. The molecule has 1 aromatic carbocycles. The molecule has 6 N–H and O–H groups in total. The van der Waals surface area contributed by atoms with Crippen LogP contribution in [-0.4, -0.2) is 71.6 Å². The first-order valence-electron chi connectivity index (χ1n) is 11.3. The molecule has 196 valence electrons. The fourth-order valence-electron chi connectivity index (χ4n) is 3.95. The third kappa shape index (κ3) is 5.44. The van der Waals surface area contributed by atoms with Crippen LogP contribution in [0.1, 0.15) is 38.6 Å². The SMILES string of the molecule is CC(C)(C)OC(=O)NC(C(=O)N[C@H]1[C@@H](O)[C@H](n2cnc3c(N)ncnc32)O[C@@H]1C(=O)O)c1ccccc1. The van der Waals surface area contributed by atoms with Crippen molar-refractivity contribution in [3.63, 3.8) is 0 Å². The number of nitrogens with two attached hydrogens (primary N) is 1. The van der Waals surface area contributed by atoms with Gasteiger partial charge in [0.05, 0.1) is 12.4 Å². The lowest BCUT2D eigenvalue weighted by atomic mass is 10.0. The van der Waals surface area contributed by atoms with Crippen molar-refractivity contribution in [2.75, 3.05) is 5.73 Å². The summed E-state index contributed by atoms with van der Waals surface area (Å²) in [4.78, 5) is 49.9. The fourth-order valence-corrected chi connectivity index (χ4v) is 3.95. The summed E-state index contributed by atoms with van der Waals surface area (Å²) >= 11 is 0. The van der Waals surface area contributed by atoms with E-state index >= 15 is 0 Å². The number of carboxylic acids is 1. The Labute approximate surface area is 210 Å². The fraction of sp³-hybridized carbons (Fsp3) is 0.391. The van der Waals surface area contributed by atoms with Crippen LogP contribution >= 0.6 is 0 Å². The number of carbonyl (C=O) groups is 3. The quantitative estimate of drug-likeness (QED) is 0.307. The Kier molecular flexibility index (Phi) is 6.96. The summed E-state index contributed by atoms with van der Waals surface area (Å²) in [5.74, 6) is -2.10. The summed E-state index contributed by atoms with van der Waals surface area (Å²) in [6.45, 7) is 5.02. The van der Waals surface area contributed by atoms with Crippen LogP contribution in [0.3, 0.4) is 0 Å².